The molecule has 0 bridgehead atoms. The minimum absolute atomic E-state index is 0.172. The van der Waals surface area contributed by atoms with Gasteiger partial charge in [-0.3, -0.25) is 0 Å². The second-order valence-corrected chi connectivity index (χ2v) is 6.42. The van der Waals surface area contributed by atoms with E-state index < -0.39 is 15.8 Å². The van der Waals surface area contributed by atoms with Gasteiger partial charge in [-0.2, -0.15) is 4.31 Å². The third-order valence-electron chi connectivity index (χ3n) is 3.05. The highest BCUT2D eigenvalue weighted by Crippen LogP contribution is 2.22. The van der Waals surface area contributed by atoms with Crippen molar-refractivity contribution in [3.63, 3.8) is 0 Å². The highest BCUT2D eigenvalue weighted by Gasteiger charge is 2.31. The maximum atomic E-state index is 13.9. The molecular formula is C12H17FN2O3S. The summed E-state index contributed by atoms with van der Waals surface area (Å²) in [5, 5.41) is 0. The van der Waals surface area contributed by atoms with E-state index in [9.17, 15) is 12.8 Å². The summed E-state index contributed by atoms with van der Waals surface area (Å²) in [6.07, 6.45) is -0.185. The van der Waals surface area contributed by atoms with Crippen LogP contribution in [0.5, 0.6) is 0 Å². The van der Waals surface area contributed by atoms with Gasteiger partial charge < -0.3 is 10.5 Å². The number of rotatable bonds is 3. The molecule has 0 aromatic heterocycles. The molecule has 1 atom stereocenters. The zero-order valence-electron chi connectivity index (χ0n) is 10.7. The maximum Gasteiger partial charge on any atom is 0.246 e. The van der Waals surface area contributed by atoms with Gasteiger partial charge in [0.05, 0.1) is 12.7 Å². The van der Waals surface area contributed by atoms with Crippen molar-refractivity contribution in [2.24, 2.45) is 5.73 Å². The molecule has 7 heteroatoms. The van der Waals surface area contributed by atoms with E-state index in [0.29, 0.717) is 12.2 Å². The van der Waals surface area contributed by atoms with Crippen LogP contribution in [-0.2, 0) is 21.3 Å². The molecule has 1 aromatic carbocycles. The predicted molar refractivity (Wildman–Crippen MR) is 68.5 cm³/mol. The average Bonchev–Trinajstić information content (AvgIpc) is 2.38. The fourth-order valence-electron chi connectivity index (χ4n) is 2.02. The first-order valence-corrected chi connectivity index (χ1v) is 7.49. The van der Waals surface area contributed by atoms with Gasteiger partial charge in [-0.05, 0) is 24.6 Å². The average molecular weight is 288 g/mol. The minimum Gasteiger partial charge on any atom is -0.376 e. The number of halogens is 1. The molecule has 0 amide bonds. The van der Waals surface area contributed by atoms with Gasteiger partial charge in [-0.25, -0.2) is 12.8 Å². The number of ether oxygens (including phenoxy) is 1. The maximum absolute atomic E-state index is 13.9. The fourth-order valence-corrected chi connectivity index (χ4v) is 3.57. The van der Waals surface area contributed by atoms with E-state index in [2.05, 4.69) is 0 Å². The smallest absolute Gasteiger partial charge is 0.246 e. The second kappa shape index (κ2) is 5.54. The van der Waals surface area contributed by atoms with Gasteiger partial charge in [-0.15, -0.1) is 0 Å². The molecule has 1 aromatic rings. The second-order valence-electron chi connectivity index (χ2n) is 4.51. The number of nitrogens with two attached hydrogens (primary N) is 1. The number of morpholine rings is 1. The van der Waals surface area contributed by atoms with E-state index in [0.717, 1.165) is 6.07 Å². The van der Waals surface area contributed by atoms with Gasteiger partial charge in [0, 0.05) is 19.6 Å². The van der Waals surface area contributed by atoms with Gasteiger partial charge >= 0.3 is 0 Å². The summed E-state index contributed by atoms with van der Waals surface area (Å²) in [6, 6.07) is 3.96. The molecule has 1 saturated heterocycles. The lowest BCUT2D eigenvalue weighted by atomic mass is 10.2. The highest BCUT2D eigenvalue weighted by atomic mass is 32.2. The lowest BCUT2D eigenvalue weighted by Gasteiger charge is -2.30. The molecule has 0 saturated carbocycles. The van der Waals surface area contributed by atoms with Crippen molar-refractivity contribution in [3.05, 3.63) is 29.6 Å². The SMILES string of the molecule is CC1CN(S(=O)(=O)c2ccc(CN)cc2F)CCO1. The quantitative estimate of drug-likeness (QED) is 0.888. The van der Waals surface area contributed by atoms with Crippen LogP contribution >= 0.6 is 0 Å². The lowest BCUT2D eigenvalue weighted by Crippen LogP contribution is -2.44. The summed E-state index contributed by atoms with van der Waals surface area (Å²) < 4.78 is 45.1. The number of benzene rings is 1. The third-order valence-corrected chi connectivity index (χ3v) is 4.95. The largest absolute Gasteiger partial charge is 0.376 e. The zero-order chi connectivity index (χ0) is 14.0. The summed E-state index contributed by atoms with van der Waals surface area (Å²) in [7, 11) is -3.81. The van der Waals surface area contributed by atoms with E-state index in [4.69, 9.17) is 10.5 Å². The Hall–Kier alpha value is -1.02. The van der Waals surface area contributed by atoms with Gasteiger partial charge in [0.1, 0.15) is 10.7 Å². The van der Waals surface area contributed by atoms with E-state index in [1.807, 2.05) is 0 Å². The zero-order valence-corrected chi connectivity index (χ0v) is 11.5. The third kappa shape index (κ3) is 2.94. The Morgan fingerprint density at radius 1 is 1.53 bits per heavy atom. The lowest BCUT2D eigenvalue weighted by molar-refractivity contribution is 0.0101. The van der Waals surface area contributed by atoms with Crippen LogP contribution in [-0.4, -0.2) is 38.5 Å². The van der Waals surface area contributed by atoms with Crippen LogP contribution in [0.15, 0.2) is 23.1 Å². The predicted octanol–water partition coefficient (Wildman–Crippen LogP) is 0.694. The van der Waals surface area contributed by atoms with Crippen LogP contribution in [0.25, 0.3) is 0 Å². The van der Waals surface area contributed by atoms with Crippen LogP contribution in [0, 0.1) is 5.82 Å². The van der Waals surface area contributed by atoms with Crippen LogP contribution in [0.1, 0.15) is 12.5 Å². The first kappa shape index (κ1) is 14.4. The molecule has 2 rings (SSSR count). The van der Waals surface area contributed by atoms with E-state index in [1.54, 1.807) is 6.92 Å². The molecule has 1 fully saturated rings. The molecule has 19 heavy (non-hydrogen) atoms. The van der Waals surface area contributed by atoms with Crippen molar-refractivity contribution >= 4 is 10.0 Å². The van der Waals surface area contributed by atoms with Crippen molar-refractivity contribution in [3.8, 4) is 0 Å². The van der Waals surface area contributed by atoms with Crippen molar-refractivity contribution < 1.29 is 17.5 Å². The molecule has 0 spiro atoms. The molecule has 5 nitrogen and oxygen atoms in total. The normalized spacial score (nSPS) is 21.5. The number of hydrogen-bond acceptors (Lipinski definition) is 4. The summed E-state index contributed by atoms with van der Waals surface area (Å²) in [5.74, 6) is -0.762. The number of hydrogen-bond donors (Lipinski definition) is 1. The molecule has 2 N–H and O–H groups in total. The van der Waals surface area contributed by atoms with Gasteiger partial charge in [-0.1, -0.05) is 6.07 Å². The van der Waals surface area contributed by atoms with E-state index in [-0.39, 0.29) is 30.6 Å². The Labute approximate surface area is 112 Å². The highest BCUT2D eigenvalue weighted by molar-refractivity contribution is 7.89. The van der Waals surface area contributed by atoms with Crippen molar-refractivity contribution in [1.82, 2.24) is 4.31 Å². The molecule has 0 radical (unpaired) electrons. The molecular weight excluding hydrogens is 271 g/mol. The Morgan fingerprint density at radius 2 is 2.26 bits per heavy atom. The number of nitrogens with zero attached hydrogens (tertiary/aromatic N) is 1. The van der Waals surface area contributed by atoms with Crippen LogP contribution in [0.3, 0.4) is 0 Å². The summed E-state index contributed by atoms with van der Waals surface area (Å²) >= 11 is 0. The van der Waals surface area contributed by atoms with Crippen LogP contribution < -0.4 is 5.73 Å². The number of sulfonamides is 1. The Balaban J connectivity index is 2.33. The van der Waals surface area contributed by atoms with Crippen molar-refractivity contribution in [2.45, 2.75) is 24.5 Å². The summed E-state index contributed by atoms with van der Waals surface area (Å²) in [4.78, 5) is -0.307. The minimum atomic E-state index is -3.81. The van der Waals surface area contributed by atoms with Crippen molar-refractivity contribution in [2.75, 3.05) is 19.7 Å². The molecule has 1 aliphatic heterocycles. The molecule has 1 unspecified atom stereocenters. The van der Waals surface area contributed by atoms with Gasteiger partial charge in [0.25, 0.3) is 0 Å². The van der Waals surface area contributed by atoms with E-state index >= 15 is 0 Å². The Kier molecular flexibility index (Phi) is 4.19. The topological polar surface area (TPSA) is 72.6 Å². The van der Waals surface area contributed by atoms with E-state index in [1.165, 1.54) is 16.4 Å². The van der Waals surface area contributed by atoms with Crippen LogP contribution in [0.4, 0.5) is 4.39 Å². The summed E-state index contributed by atoms with van der Waals surface area (Å²) in [5.41, 5.74) is 5.96. The fraction of sp³-hybridized carbons (Fsp3) is 0.500. The molecule has 106 valence electrons. The van der Waals surface area contributed by atoms with Crippen molar-refractivity contribution in [1.29, 1.82) is 0 Å². The van der Waals surface area contributed by atoms with Gasteiger partial charge in [0.2, 0.25) is 10.0 Å². The Morgan fingerprint density at radius 3 is 2.84 bits per heavy atom. The molecule has 0 aliphatic carbocycles. The Bertz CT molecular complexity index is 562. The van der Waals surface area contributed by atoms with Crippen LogP contribution in [0.2, 0.25) is 0 Å². The van der Waals surface area contributed by atoms with Gasteiger partial charge in [0.15, 0.2) is 0 Å². The first-order chi connectivity index (χ1) is 8.95. The monoisotopic (exact) mass is 288 g/mol. The first-order valence-electron chi connectivity index (χ1n) is 6.05. The standard InChI is InChI=1S/C12H17FN2O3S/c1-9-8-15(4-5-18-9)19(16,17)12-3-2-10(7-14)6-11(12)13/h2-3,6,9H,4-5,7-8,14H2,1H3. The summed E-state index contributed by atoms with van der Waals surface area (Å²) in [6.45, 7) is 2.76. The molecule has 1 heterocycles. The molecule has 1 aliphatic rings.